The highest BCUT2D eigenvalue weighted by Crippen LogP contribution is 2.41. The maximum Gasteiger partial charge on any atom is 0.241 e. The van der Waals surface area contributed by atoms with Crippen molar-refractivity contribution >= 4 is 35.1 Å². The number of ether oxygens (including phenoxy) is 1. The second kappa shape index (κ2) is 6.70. The van der Waals surface area contributed by atoms with E-state index in [2.05, 4.69) is 15.4 Å². The Morgan fingerprint density at radius 2 is 2.00 bits per heavy atom. The Morgan fingerprint density at radius 1 is 1.19 bits per heavy atom. The van der Waals surface area contributed by atoms with E-state index in [1.165, 1.54) is 0 Å². The number of hydrogen-bond donors (Lipinski definition) is 2. The zero-order chi connectivity index (χ0) is 18.3. The average molecular weight is 390 g/mol. The monoisotopic (exact) mass is 389 g/mol. The number of aromatic nitrogens is 3. The van der Waals surface area contributed by atoms with E-state index >= 15 is 0 Å². The first-order chi connectivity index (χ1) is 12.6. The summed E-state index contributed by atoms with van der Waals surface area (Å²) < 4.78 is 7.35. The molecule has 3 aromatic rings. The molecule has 0 saturated carbocycles. The summed E-state index contributed by atoms with van der Waals surface area (Å²) in [5.41, 5.74) is 7.89. The van der Waals surface area contributed by atoms with Crippen molar-refractivity contribution in [3.8, 4) is 5.75 Å². The number of nitrogens with one attached hydrogen (secondary N) is 1. The predicted molar refractivity (Wildman–Crippen MR) is 103 cm³/mol. The van der Waals surface area contributed by atoms with E-state index in [9.17, 15) is 0 Å². The van der Waals surface area contributed by atoms with E-state index in [1.807, 2.05) is 36.4 Å². The molecule has 134 valence electrons. The van der Waals surface area contributed by atoms with Gasteiger partial charge in [0.2, 0.25) is 11.9 Å². The van der Waals surface area contributed by atoms with Crippen molar-refractivity contribution in [2.24, 2.45) is 0 Å². The van der Waals surface area contributed by atoms with Crippen LogP contribution in [-0.2, 0) is 0 Å². The highest BCUT2D eigenvalue weighted by Gasteiger charge is 2.32. The van der Waals surface area contributed by atoms with Gasteiger partial charge in [-0.3, -0.25) is 0 Å². The van der Waals surface area contributed by atoms with E-state index in [0.717, 1.165) is 23.3 Å². The van der Waals surface area contributed by atoms with Gasteiger partial charge in [-0.2, -0.15) is 4.98 Å². The van der Waals surface area contributed by atoms with Crippen LogP contribution in [0.15, 0.2) is 42.5 Å². The third-order valence-electron chi connectivity index (χ3n) is 4.55. The van der Waals surface area contributed by atoms with E-state index in [4.69, 9.17) is 33.7 Å². The molecule has 0 amide bonds. The summed E-state index contributed by atoms with van der Waals surface area (Å²) in [5, 5.41) is 8.79. The van der Waals surface area contributed by atoms with Crippen molar-refractivity contribution in [1.82, 2.24) is 14.8 Å². The van der Waals surface area contributed by atoms with E-state index < -0.39 is 0 Å². The molecule has 2 heterocycles. The number of rotatable bonds is 3. The molecule has 26 heavy (non-hydrogen) atoms. The van der Waals surface area contributed by atoms with Gasteiger partial charge in [-0.05, 0) is 30.2 Å². The quantitative estimate of drug-likeness (QED) is 0.697. The molecule has 1 aliphatic heterocycles. The van der Waals surface area contributed by atoms with Crippen LogP contribution in [0.2, 0.25) is 10.0 Å². The summed E-state index contributed by atoms with van der Waals surface area (Å²) in [6.07, 6.45) is 0.730. The van der Waals surface area contributed by atoms with Crippen LogP contribution in [0.25, 0.3) is 0 Å². The summed E-state index contributed by atoms with van der Waals surface area (Å²) in [5.74, 6) is 1.63. The molecule has 2 aromatic carbocycles. The SMILES string of the molecule is COc1ccccc1[C@@H]1C[C@@H](c2ccc(Cl)c(Cl)c2)Nc2nc(N)nn21. The lowest BCUT2D eigenvalue weighted by atomic mass is 9.93. The lowest BCUT2D eigenvalue weighted by Gasteiger charge is -2.32. The van der Waals surface area contributed by atoms with Gasteiger partial charge in [-0.25, -0.2) is 4.68 Å². The number of para-hydroxylation sites is 1. The Balaban J connectivity index is 1.79. The van der Waals surface area contributed by atoms with Gasteiger partial charge < -0.3 is 15.8 Å². The van der Waals surface area contributed by atoms with Gasteiger partial charge in [0.25, 0.3) is 0 Å². The lowest BCUT2D eigenvalue weighted by molar-refractivity contribution is 0.380. The summed E-state index contributed by atoms with van der Waals surface area (Å²) in [7, 11) is 1.66. The van der Waals surface area contributed by atoms with Crippen LogP contribution in [-0.4, -0.2) is 21.9 Å². The highest BCUT2D eigenvalue weighted by molar-refractivity contribution is 6.42. The third kappa shape index (κ3) is 2.95. The summed E-state index contributed by atoms with van der Waals surface area (Å²) in [6.45, 7) is 0. The first kappa shape index (κ1) is 17.0. The Labute approximate surface area is 160 Å². The van der Waals surface area contributed by atoms with Crippen LogP contribution in [0, 0.1) is 0 Å². The van der Waals surface area contributed by atoms with Crippen LogP contribution >= 0.6 is 23.2 Å². The molecule has 2 atom stereocenters. The first-order valence-electron chi connectivity index (χ1n) is 8.13. The van der Waals surface area contributed by atoms with E-state index in [0.29, 0.717) is 16.0 Å². The first-order valence-corrected chi connectivity index (χ1v) is 8.89. The molecule has 0 unspecified atom stereocenters. The standard InChI is InChI=1S/C18H17Cl2N5O/c1-26-16-5-3-2-4-11(16)15-9-14(10-6-7-12(19)13(20)8-10)22-18-23-17(21)24-25(15)18/h2-8,14-15H,9H2,1H3,(H3,21,22,23,24)/t14-,15-/m0/s1. The fourth-order valence-electron chi connectivity index (χ4n) is 3.34. The predicted octanol–water partition coefficient (Wildman–Crippen LogP) is 4.32. The van der Waals surface area contributed by atoms with E-state index in [-0.39, 0.29) is 18.0 Å². The van der Waals surface area contributed by atoms with Gasteiger partial charge in [-0.15, -0.1) is 5.10 Å². The zero-order valence-corrected chi connectivity index (χ0v) is 15.5. The zero-order valence-electron chi connectivity index (χ0n) is 14.0. The van der Waals surface area contributed by atoms with Crippen molar-refractivity contribution in [1.29, 1.82) is 0 Å². The second-order valence-corrected chi connectivity index (χ2v) is 6.92. The molecule has 1 aromatic heterocycles. The largest absolute Gasteiger partial charge is 0.496 e. The molecule has 0 fully saturated rings. The Hall–Kier alpha value is -2.44. The number of hydrogen-bond acceptors (Lipinski definition) is 5. The number of nitrogens with zero attached hydrogens (tertiary/aromatic N) is 3. The Morgan fingerprint density at radius 3 is 2.77 bits per heavy atom. The molecule has 0 saturated heterocycles. The minimum absolute atomic E-state index is 0.0178. The fraction of sp³-hybridized carbons (Fsp3) is 0.222. The number of fused-ring (bicyclic) bond motifs is 1. The van der Waals surface area contributed by atoms with Gasteiger partial charge in [0.15, 0.2) is 0 Å². The van der Waals surface area contributed by atoms with Gasteiger partial charge in [0.05, 0.1) is 29.2 Å². The summed E-state index contributed by atoms with van der Waals surface area (Å²) >= 11 is 12.3. The van der Waals surface area contributed by atoms with Crippen LogP contribution < -0.4 is 15.8 Å². The summed E-state index contributed by atoms with van der Waals surface area (Å²) in [4.78, 5) is 4.32. The maximum atomic E-state index is 6.21. The van der Waals surface area contributed by atoms with Crippen molar-refractivity contribution in [2.45, 2.75) is 18.5 Å². The van der Waals surface area contributed by atoms with E-state index in [1.54, 1.807) is 17.9 Å². The van der Waals surface area contributed by atoms with Crippen LogP contribution in [0.4, 0.5) is 11.9 Å². The number of halogens is 2. The van der Waals surface area contributed by atoms with Crippen LogP contribution in [0.1, 0.15) is 29.6 Å². The molecule has 1 aliphatic rings. The Bertz CT molecular complexity index is 959. The fourth-order valence-corrected chi connectivity index (χ4v) is 3.65. The average Bonchev–Trinajstić information content (AvgIpc) is 3.03. The molecule has 4 rings (SSSR count). The van der Waals surface area contributed by atoms with Gasteiger partial charge in [-0.1, -0.05) is 47.5 Å². The molecule has 0 aliphatic carbocycles. The third-order valence-corrected chi connectivity index (χ3v) is 5.29. The van der Waals surface area contributed by atoms with Crippen LogP contribution in [0.5, 0.6) is 5.75 Å². The molecular formula is C18H17Cl2N5O. The van der Waals surface area contributed by atoms with Crippen molar-refractivity contribution < 1.29 is 4.74 Å². The van der Waals surface area contributed by atoms with Gasteiger partial charge >= 0.3 is 0 Å². The smallest absolute Gasteiger partial charge is 0.241 e. The highest BCUT2D eigenvalue weighted by atomic mass is 35.5. The summed E-state index contributed by atoms with van der Waals surface area (Å²) in [6, 6.07) is 13.4. The maximum absolute atomic E-state index is 6.21. The number of nitrogens with two attached hydrogens (primary N) is 1. The normalized spacial score (nSPS) is 18.9. The van der Waals surface area contributed by atoms with Crippen molar-refractivity contribution in [2.75, 3.05) is 18.2 Å². The Kier molecular flexibility index (Phi) is 4.38. The molecule has 0 spiro atoms. The van der Waals surface area contributed by atoms with Gasteiger partial charge in [0.1, 0.15) is 5.75 Å². The molecular weight excluding hydrogens is 373 g/mol. The number of anilines is 2. The minimum Gasteiger partial charge on any atom is -0.496 e. The number of methoxy groups -OCH3 is 1. The molecule has 8 heteroatoms. The van der Waals surface area contributed by atoms with Crippen molar-refractivity contribution in [3.63, 3.8) is 0 Å². The molecule has 0 radical (unpaired) electrons. The second-order valence-electron chi connectivity index (χ2n) is 6.10. The number of benzene rings is 2. The molecule has 3 N–H and O–H groups in total. The minimum atomic E-state index is -0.0772. The van der Waals surface area contributed by atoms with Crippen LogP contribution in [0.3, 0.4) is 0 Å². The number of nitrogen functional groups attached to an aromatic ring is 1. The van der Waals surface area contributed by atoms with Crippen molar-refractivity contribution in [3.05, 3.63) is 63.6 Å². The van der Waals surface area contributed by atoms with Gasteiger partial charge in [0, 0.05) is 5.56 Å². The molecule has 0 bridgehead atoms. The molecule has 6 nitrogen and oxygen atoms in total. The topological polar surface area (TPSA) is 78.0 Å². The lowest BCUT2D eigenvalue weighted by Crippen LogP contribution is -2.28.